The van der Waals surface area contributed by atoms with Gasteiger partial charge in [0.2, 0.25) is 0 Å². The smallest absolute Gasteiger partial charge is 0.0546 e. The molecule has 1 heterocycles. The zero-order valence-electron chi connectivity index (χ0n) is 9.06. The second-order valence-corrected chi connectivity index (χ2v) is 4.40. The Morgan fingerprint density at radius 2 is 2.13 bits per heavy atom. The van der Waals surface area contributed by atoms with Crippen molar-refractivity contribution >= 4 is 0 Å². The second kappa shape index (κ2) is 4.73. The van der Waals surface area contributed by atoms with E-state index >= 15 is 0 Å². The zero-order chi connectivity index (χ0) is 10.7. The molecule has 0 bridgehead atoms. The Balaban J connectivity index is 1.75. The highest BCUT2D eigenvalue weighted by Gasteiger charge is 2.26. The Morgan fingerprint density at radius 1 is 1.47 bits per heavy atom. The van der Waals surface area contributed by atoms with Gasteiger partial charge >= 0.3 is 0 Å². The summed E-state index contributed by atoms with van der Waals surface area (Å²) in [6, 6.07) is 4.44. The van der Waals surface area contributed by atoms with E-state index < -0.39 is 0 Å². The minimum absolute atomic E-state index is 0.0481. The van der Waals surface area contributed by atoms with Crippen molar-refractivity contribution in [2.45, 2.75) is 31.9 Å². The molecule has 1 unspecified atom stereocenters. The molecule has 0 spiro atoms. The van der Waals surface area contributed by atoms with Crippen molar-refractivity contribution < 1.29 is 5.11 Å². The number of aromatic nitrogens is 1. The van der Waals surface area contributed by atoms with Gasteiger partial charge in [-0.2, -0.15) is 0 Å². The topological polar surface area (TPSA) is 45.1 Å². The van der Waals surface area contributed by atoms with Crippen molar-refractivity contribution in [2.75, 3.05) is 6.54 Å². The summed E-state index contributed by atoms with van der Waals surface area (Å²) in [4.78, 5) is 4.00. The fraction of sp³-hybridized carbons (Fsp3) is 0.583. The lowest BCUT2D eigenvalue weighted by Crippen LogP contribution is -2.36. The number of nitrogens with one attached hydrogen (secondary N) is 1. The van der Waals surface area contributed by atoms with Gasteiger partial charge in [0, 0.05) is 18.4 Å². The molecular weight excluding hydrogens is 188 g/mol. The third-order valence-corrected chi connectivity index (χ3v) is 3.13. The zero-order valence-corrected chi connectivity index (χ0v) is 9.06. The summed E-state index contributed by atoms with van der Waals surface area (Å²) in [5.41, 5.74) is 1.27. The molecule has 0 aliphatic heterocycles. The Bertz CT molecular complexity index is 296. The molecule has 1 aliphatic rings. The van der Waals surface area contributed by atoms with E-state index in [1.165, 1.54) is 5.56 Å². The van der Waals surface area contributed by atoms with Gasteiger partial charge in [0.25, 0.3) is 0 Å². The molecule has 3 heteroatoms. The van der Waals surface area contributed by atoms with Crippen molar-refractivity contribution in [3.63, 3.8) is 0 Å². The maximum Gasteiger partial charge on any atom is 0.0546 e. The number of pyridine rings is 1. The van der Waals surface area contributed by atoms with Crippen LogP contribution in [0.25, 0.3) is 0 Å². The second-order valence-electron chi connectivity index (χ2n) is 4.40. The van der Waals surface area contributed by atoms with Crippen LogP contribution in [0.5, 0.6) is 0 Å². The Labute approximate surface area is 90.5 Å². The summed E-state index contributed by atoms with van der Waals surface area (Å²) in [6.07, 6.45) is 5.50. The lowest BCUT2D eigenvalue weighted by molar-refractivity contribution is 0.0420. The minimum Gasteiger partial charge on any atom is -0.393 e. The van der Waals surface area contributed by atoms with Gasteiger partial charge < -0.3 is 10.4 Å². The standard InChI is InChI=1S/C12H18N2O/c1-9(11-2-4-13-5-3-11)14-8-10-6-12(15)7-10/h2-5,9-10,12,14-15H,6-8H2,1H3. The monoisotopic (exact) mass is 206 g/mol. The Morgan fingerprint density at radius 3 is 2.73 bits per heavy atom. The number of aliphatic hydroxyl groups excluding tert-OH is 1. The van der Waals surface area contributed by atoms with Crippen LogP contribution in [0.1, 0.15) is 31.4 Å². The largest absolute Gasteiger partial charge is 0.393 e. The molecule has 1 aromatic heterocycles. The molecule has 0 radical (unpaired) electrons. The molecule has 1 saturated carbocycles. The van der Waals surface area contributed by atoms with E-state index in [9.17, 15) is 0 Å². The average molecular weight is 206 g/mol. The molecule has 0 saturated heterocycles. The fourth-order valence-corrected chi connectivity index (χ4v) is 1.98. The van der Waals surface area contributed by atoms with Gasteiger partial charge in [0.1, 0.15) is 0 Å². The third-order valence-electron chi connectivity index (χ3n) is 3.13. The van der Waals surface area contributed by atoms with Crippen molar-refractivity contribution in [3.8, 4) is 0 Å². The van der Waals surface area contributed by atoms with Crippen molar-refractivity contribution in [2.24, 2.45) is 5.92 Å². The average Bonchev–Trinajstić information content (AvgIpc) is 2.23. The molecule has 15 heavy (non-hydrogen) atoms. The molecule has 1 aromatic rings. The third kappa shape index (κ3) is 2.76. The van der Waals surface area contributed by atoms with Crippen LogP contribution >= 0.6 is 0 Å². The van der Waals surface area contributed by atoms with Crippen LogP contribution in [0.15, 0.2) is 24.5 Å². The summed E-state index contributed by atoms with van der Waals surface area (Å²) in [6.45, 7) is 3.16. The van der Waals surface area contributed by atoms with Crippen LogP contribution < -0.4 is 5.32 Å². The highest BCUT2D eigenvalue weighted by atomic mass is 16.3. The van der Waals surface area contributed by atoms with Crippen LogP contribution in [-0.4, -0.2) is 22.7 Å². The summed E-state index contributed by atoms with van der Waals surface area (Å²) in [5.74, 6) is 0.657. The Kier molecular flexibility index (Phi) is 3.34. The van der Waals surface area contributed by atoms with E-state index in [0.717, 1.165) is 19.4 Å². The number of hydrogen-bond acceptors (Lipinski definition) is 3. The van der Waals surface area contributed by atoms with Crippen LogP contribution in [0.4, 0.5) is 0 Å². The van der Waals surface area contributed by atoms with Crippen molar-refractivity contribution in [3.05, 3.63) is 30.1 Å². The van der Waals surface area contributed by atoms with E-state index in [2.05, 4.69) is 17.2 Å². The summed E-state index contributed by atoms with van der Waals surface area (Å²) in [5, 5.41) is 12.6. The van der Waals surface area contributed by atoms with Gasteiger partial charge in [-0.15, -0.1) is 0 Å². The lowest BCUT2D eigenvalue weighted by Gasteiger charge is -2.32. The van der Waals surface area contributed by atoms with Crippen LogP contribution in [-0.2, 0) is 0 Å². The highest BCUT2D eigenvalue weighted by Crippen LogP contribution is 2.26. The fourth-order valence-electron chi connectivity index (χ4n) is 1.98. The predicted molar refractivity (Wildman–Crippen MR) is 59.4 cm³/mol. The van der Waals surface area contributed by atoms with Crippen LogP contribution in [0, 0.1) is 5.92 Å². The summed E-state index contributed by atoms with van der Waals surface area (Å²) < 4.78 is 0. The highest BCUT2D eigenvalue weighted by molar-refractivity contribution is 5.13. The molecule has 2 N–H and O–H groups in total. The quantitative estimate of drug-likeness (QED) is 0.784. The van der Waals surface area contributed by atoms with Gasteiger partial charge in [0.15, 0.2) is 0 Å². The SMILES string of the molecule is CC(NCC1CC(O)C1)c1ccncc1. The number of hydrogen-bond donors (Lipinski definition) is 2. The van der Waals surface area contributed by atoms with Gasteiger partial charge in [-0.3, -0.25) is 4.98 Å². The molecule has 0 aromatic carbocycles. The lowest BCUT2D eigenvalue weighted by atomic mass is 9.82. The van der Waals surface area contributed by atoms with E-state index in [1.54, 1.807) is 0 Å². The molecule has 3 nitrogen and oxygen atoms in total. The van der Waals surface area contributed by atoms with Gasteiger partial charge in [-0.05, 0) is 49.9 Å². The molecule has 1 fully saturated rings. The van der Waals surface area contributed by atoms with Gasteiger partial charge in [0.05, 0.1) is 6.10 Å². The molecule has 1 atom stereocenters. The van der Waals surface area contributed by atoms with Crippen LogP contribution in [0.2, 0.25) is 0 Å². The first-order valence-corrected chi connectivity index (χ1v) is 5.57. The molecule has 0 amide bonds. The number of nitrogens with zero attached hydrogens (tertiary/aromatic N) is 1. The first-order chi connectivity index (χ1) is 7.25. The Hall–Kier alpha value is -0.930. The van der Waals surface area contributed by atoms with Crippen LogP contribution in [0.3, 0.4) is 0 Å². The molecule has 1 aliphatic carbocycles. The van der Waals surface area contributed by atoms with E-state index in [0.29, 0.717) is 12.0 Å². The normalized spacial score (nSPS) is 27.1. The van der Waals surface area contributed by atoms with E-state index in [1.807, 2.05) is 24.5 Å². The maximum absolute atomic E-state index is 9.16. The van der Waals surface area contributed by atoms with Gasteiger partial charge in [-0.1, -0.05) is 0 Å². The first-order valence-electron chi connectivity index (χ1n) is 5.57. The molecule has 2 rings (SSSR count). The van der Waals surface area contributed by atoms with Gasteiger partial charge in [-0.25, -0.2) is 0 Å². The van der Waals surface area contributed by atoms with Crippen molar-refractivity contribution in [1.29, 1.82) is 0 Å². The van der Waals surface area contributed by atoms with E-state index in [4.69, 9.17) is 5.11 Å². The number of rotatable bonds is 4. The molecular formula is C12H18N2O. The number of aliphatic hydroxyl groups is 1. The van der Waals surface area contributed by atoms with E-state index in [-0.39, 0.29) is 6.10 Å². The predicted octanol–water partition coefficient (Wildman–Crippen LogP) is 1.50. The maximum atomic E-state index is 9.16. The minimum atomic E-state index is -0.0481. The first kappa shape index (κ1) is 10.6. The summed E-state index contributed by atoms with van der Waals surface area (Å²) in [7, 11) is 0. The van der Waals surface area contributed by atoms with Crippen molar-refractivity contribution in [1.82, 2.24) is 10.3 Å². The summed E-state index contributed by atoms with van der Waals surface area (Å²) >= 11 is 0. The molecule has 82 valence electrons.